The number of hydrogen-bond acceptors (Lipinski definition) is 2. The summed E-state index contributed by atoms with van der Waals surface area (Å²) in [5, 5.41) is 0. The summed E-state index contributed by atoms with van der Waals surface area (Å²) < 4.78 is 49.6. The van der Waals surface area contributed by atoms with E-state index in [1.807, 2.05) is 0 Å². The summed E-state index contributed by atoms with van der Waals surface area (Å²) in [7, 11) is 0. The number of carbonyl (C=O) groups excluding carboxylic acids is 2. The summed E-state index contributed by atoms with van der Waals surface area (Å²) in [5.74, 6) is -5.96. The highest BCUT2D eigenvalue weighted by Gasteiger charge is 2.45. The van der Waals surface area contributed by atoms with Crippen molar-refractivity contribution in [3.63, 3.8) is 0 Å². The quantitative estimate of drug-likeness (QED) is 0.608. The first-order chi connectivity index (χ1) is 7.73. The molecule has 0 saturated carbocycles. The molecule has 1 atom stereocenters. The Morgan fingerprint density at radius 2 is 1.82 bits per heavy atom. The maximum Gasteiger partial charge on any atom is 0.451 e. The molecule has 0 spiro atoms. The van der Waals surface area contributed by atoms with Gasteiger partial charge in [-0.05, 0) is 24.6 Å². The highest BCUT2D eigenvalue weighted by atomic mass is 19.4. The second-order valence-corrected chi connectivity index (χ2v) is 3.46. The van der Waals surface area contributed by atoms with Crippen molar-refractivity contribution in [2.24, 2.45) is 0 Å². The van der Waals surface area contributed by atoms with Gasteiger partial charge < -0.3 is 0 Å². The lowest BCUT2D eigenvalue weighted by atomic mass is 9.91. The van der Waals surface area contributed by atoms with Crippen LogP contribution in [0.3, 0.4) is 0 Å². The number of benzene rings is 1. The van der Waals surface area contributed by atoms with Crippen LogP contribution in [0, 0.1) is 5.82 Å². The normalized spacial score (nSPS) is 13.2. The minimum atomic E-state index is -5.12. The predicted octanol–water partition coefficient (Wildman–Crippen LogP) is 2.63. The van der Waals surface area contributed by atoms with Crippen LogP contribution in [0.1, 0.15) is 18.4 Å². The van der Waals surface area contributed by atoms with Crippen molar-refractivity contribution in [3.05, 3.63) is 35.6 Å². The van der Waals surface area contributed by atoms with Crippen LogP contribution in [-0.4, -0.2) is 17.7 Å². The topological polar surface area (TPSA) is 34.1 Å². The first kappa shape index (κ1) is 13.3. The molecule has 0 amide bonds. The Morgan fingerprint density at radius 3 is 2.24 bits per heavy atom. The molecule has 0 aromatic heterocycles. The molecular formula is C11H8F4O2. The minimum absolute atomic E-state index is 0.292. The standard InChI is InChI=1S/C11H8F4O2/c1-6(16)9(10(17)11(13,14)15)7-3-2-4-8(12)5-7/h2-5,9H,1H3. The van der Waals surface area contributed by atoms with Crippen molar-refractivity contribution >= 4 is 11.6 Å². The number of rotatable bonds is 3. The molecule has 6 heteroatoms. The Balaban J connectivity index is 3.20. The first-order valence-electron chi connectivity index (χ1n) is 4.60. The van der Waals surface area contributed by atoms with Crippen LogP contribution in [0.2, 0.25) is 0 Å². The van der Waals surface area contributed by atoms with Gasteiger partial charge in [0.25, 0.3) is 5.78 Å². The van der Waals surface area contributed by atoms with Gasteiger partial charge in [0.05, 0.1) is 0 Å². The highest BCUT2D eigenvalue weighted by Crippen LogP contribution is 2.28. The summed E-state index contributed by atoms with van der Waals surface area (Å²) in [4.78, 5) is 22.2. The lowest BCUT2D eigenvalue weighted by molar-refractivity contribution is -0.173. The van der Waals surface area contributed by atoms with Crippen LogP contribution in [0.4, 0.5) is 17.6 Å². The summed E-state index contributed by atoms with van der Waals surface area (Å²) in [5.41, 5.74) is -0.292. The molecule has 2 nitrogen and oxygen atoms in total. The van der Waals surface area contributed by atoms with E-state index >= 15 is 0 Å². The van der Waals surface area contributed by atoms with E-state index in [0.29, 0.717) is 0 Å². The Kier molecular flexibility index (Phi) is 3.65. The fourth-order valence-corrected chi connectivity index (χ4v) is 1.42. The van der Waals surface area contributed by atoms with E-state index in [0.717, 1.165) is 31.2 Å². The second kappa shape index (κ2) is 4.65. The highest BCUT2D eigenvalue weighted by molar-refractivity contribution is 6.08. The van der Waals surface area contributed by atoms with Crippen LogP contribution in [-0.2, 0) is 9.59 Å². The Hall–Kier alpha value is -1.72. The zero-order valence-corrected chi connectivity index (χ0v) is 8.72. The maximum atomic E-state index is 12.8. The average Bonchev–Trinajstić information content (AvgIpc) is 2.15. The van der Waals surface area contributed by atoms with Gasteiger partial charge >= 0.3 is 6.18 Å². The van der Waals surface area contributed by atoms with Crippen molar-refractivity contribution in [1.29, 1.82) is 0 Å². The van der Waals surface area contributed by atoms with Gasteiger partial charge in [-0.25, -0.2) is 4.39 Å². The molecule has 1 aromatic rings. The molecule has 0 bridgehead atoms. The van der Waals surface area contributed by atoms with Crippen LogP contribution in [0.25, 0.3) is 0 Å². The lowest BCUT2D eigenvalue weighted by Crippen LogP contribution is -2.32. The molecule has 0 saturated heterocycles. The summed E-state index contributed by atoms with van der Waals surface area (Å²) >= 11 is 0. The lowest BCUT2D eigenvalue weighted by Gasteiger charge is -2.14. The summed E-state index contributed by atoms with van der Waals surface area (Å²) in [6, 6.07) is 4.01. The fourth-order valence-electron chi connectivity index (χ4n) is 1.42. The van der Waals surface area contributed by atoms with E-state index in [4.69, 9.17) is 0 Å². The fraction of sp³-hybridized carbons (Fsp3) is 0.273. The van der Waals surface area contributed by atoms with E-state index < -0.39 is 29.5 Å². The molecule has 0 heterocycles. The number of Topliss-reactive ketones (excluding diaryl/α,β-unsaturated/α-hetero) is 2. The van der Waals surface area contributed by atoms with Crippen LogP contribution in [0.5, 0.6) is 0 Å². The molecule has 0 aliphatic heterocycles. The monoisotopic (exact) mass is 248 g/mol. The van der Waals surface area contributed by atoms with E-state index in [9.17, 15) is 27.2 Å². The van der Waals surface area contributed by atoms with E-state index in [1.54, 1.807) is 0 Å². The van der Waals surface area contributed by atoms with E-state index in [2.05, 4.69) is 0 Å². The van der Waals surface area contributed by atoms with Gasteiger partial charge in [0, 0.05) is 0 Å². The van der Waals surface area contributed by atoms with Gasteiger partial charge in [0.2, 0.25) is 0 Å². The van der Waals surface area contributed by atoms with Gasteiger partial charge in [-0.3, -0.25) is 9.59 Å². The summed E-state index contributed by atoms with van der Waals surface area (Å²) in [6.45, 7) is 0.860. The molecular weight excluding hydrogens is 240 g/mol. The molecule has 0 fully saturated rings. The third kappa shape index (κ3) is 3.12. The van der Waals surface area contributed by atoms with Gasteiger partial charge in [-0.15, -0.1) is 0 Å². The minimum Gasteiger partial charge on any atom is -0.299 e. The van der Waals surface area contributed by atoms with Gasteiger partial charge in [0.15, 0.2) is 0 Å². The number of ketones is 2. The smallest absolute Gasteiger partial charge is 0.299 e. The molecule has 0 N–H and O–H groups in total. The van der Waals surface area contributed by atoms with Crippen molar-refractivity contribution in [1.82, 2.24) is 0 Å². The number of hydrogen-bond donors (Lipinski definition) is 0. The van der Waals surface area contributed by atoms with E-state index in [-0.39, 0.29) is 5.56 Å². The average molecular weight is 248 g/mol. The third-order valence-electron chi connectivity index (χ3n) is 2.13. The number of alkyl halides is 3. The van der Waals surface area contributed by atoms with Gasteiger partial charge in [0.1, 0.15) is 17.5 Å². The largest absolute Gasteiger partial charge is 0.451 e. The van der Waals surface area contributed by atoms with Crippen molar-refractivity contribution in [2.45, 2.75) is 19.0 Å². The molecule has 0 radical (unpaired) electrons. The Morgan fingerprint density at radius 1 is 1.24 bits per heavy atom. The van der Waals surface area contributed by atoms with Crippen molar-refractivity contribution in [3.8, 4) is 0 Å². The molecule has 0 aliphatic carbocycles. The summed E-state index contributed by atoms with van der Waals surface area (Å²) in [6.07, 6.45) is -5.12. The van der Waals surface area contributed by atoms with Crippen LogP contribution >= 0.6 is 0 Å². The number of halogens is 4. The molecule has 1 unspecified atom stereocenters. The van der Waals surface area contributed by atoms with Gasteiger partial charge in [-0.2, -0.15) is 13.2 Å². The Bertz CT molecular complexity index is 451. The second-order valence-electron chi connectivity index (χ2n) is 3.46. The number of carbonyl (C=O) groups is 2. The first-order valence-corrected chi connectivity index (χ1v) is 4.60. The zero-order valence-electron chi connectivity index (χ0n) is 8.72. The van der Waals surface area contributed by atoms with Gasteiger partial charge in [-0.1, -0.05) is 12.1 Å². The predicted molar refractivity (Wildman–Crippen MR) is 50.9 cm³/mol. The van der Waals surface area contributed by atoms with Crippen LogP contribution in [0.15, 0.2) is 24.3 Å². The molecule has 92 valence electrons. The molecule has 0 aliphatic rings. The molecule has 1 aromatic carbocycles. The molecule has 17 heavy (non-hydrogen) atoms. The van der Waals surface area contributed by atoms with Crippen molar-refractivity contribution < 1.29 is 27.2 Å². The zero-order chi connectivity index (χ0) is 13.2. The Labute approximate surface area is 94.2 Å². The van der Waals surface area contributed by atoms with E-state index in [1.165, 1.54) is 0 Å². The third-order valence-corrected chi connectivity index (χ3v) is 2.13. The van der Waals surface area contributed by atoms with Crippen LogP contribution < -0.4 is 0 Å². The van der Waals surface area contributed by atoms with Crippen molar-refractivity contribution in [2.75, 3.05) is 0 Å². The molecule has 1 rings (SSSR count). The maximum absolute atomic E-state index is 12.8. The SMILES string of the molecule is CC(=O)C(C(=O)C(F)(F)F)c1cccc(F)c1.